The fourth-order valence-electron chi connectivity index (χ4n) is 2.09. The smallest absolute Gasteiger partial charge is 0.327 e. The summed E-state index contributed by atoms with van der Waals surface area (Å²) in [6.07, 6.45) is 1.19. The van der Waals surface area contributed by atoms with E-state index in [2.05, 4.69) is 28.3 Å². The number of nitrogens with two attached hydrogens (primary N) is 3. The normalized spacial score (nSPS) is 14.2. The summed E-state index contributed by atoms with van der Waals surface area (Å²) >= 11 is 3.90. The van der Waals surface area contributed by atoms with Crippen LogP contribution < -0.4 is 27.8 Å². The average molecular weight is 391 g/mol. The molecule has 0 aromatic carbocycles. The van der Waals surface area contributed by atoms with Gasteiger partial charge in [0.2, 0.25) is 11.8 Å². The molecule has 3 unspecified atom stereocenters. The maximum Gasteiger partial charge on any atom is 0.327 e. The lowest BCUT2D eigenvalue weighted by Gasteiger charge is -2.23. The highest BCUT2D eigenvalue weighted by molar-refractivity contribution is 7.80. The van der Waals surface area contributed by atoms with Crippen LogP contribution in [0.25, 0.3) is 0 Å². The zero-order chi connectivity index (χ0) is 20.3. The van der Waals surface area contributed by atoms with Gasteiger partial charge in [0.15, 0.2) is 5.96 Å². The van der Waals surface area contributed by atoms with Gasteiger partial charge in [0, 0.05) is 12.3 Å². The van der Waals surface area contributed by atoms with Crippen molar-refractivity contribution in [2.75, 3.05) is 12.3 Å². The van der Waals surface area contributed by atoms with E-state index >= 15 is 0 Å². The number of carbonyl (C=O) groups excluding carboxylic acids is 2. The van der Waals surface area contributed by atoms with Crippen molar-refractivity contribution in [1.29, 1.82) is 0 Å². The third kappa shape index (κ3) is 10.1. The molecule has 0 aliphatic carbocycles. The molecule has 0 aromatic heterocycles. The Morgan fingerprint density at radius 1 is 1.12 bits per heavy atom. The van der Waals surface area contributed by atoms with Crippen LogP contribution in [0.2, 0.25) is 0 Å². The van der Waals surface area contributed by atoms with E-state index in [0.717, 1.165) is 0 Å². The lowest BCUT2D eigenvalue weighted by Crippen LogP contribution is -2.55. The Bertz CT molecular complexity index is 510. The van der Waals surface area contributed by atoms with Gasteiger partial charge in [0.1, 0.15) is 12.1 Å². The summed E-state index contributed by atoms with van der Waals surface area (Å²) in [5, 5.41) is 14.0. The van der Waals surface area contributed by atoms with Crippen molar-refractivity contribution in [1.82, 2.24) is 10.6 Å². The van der Waals surface area contributed by atoms with E-state index in [1.165, 1.54) is 0 Å². The topological polar surface area (TPSA) is 186 Å². The van der Waals surface area contributed by atoms with Crippen LogP contribution in [0.5, 0.6) is 0 Å². The van der Waals surface area contributed by atoms with Crippen molar-refractivity contribution < 1.29 is 19.5 Å². The first kappa shape index (κ1) is 24.0. The molecule has 11 heteroatoms. The van der Waals surface area contributed by atoms with Gasteiger partial charge in [0.05, 0.1) is 6.04 Å². The SMILES string of the molecule is CC(C)CC(NC(=O)C(N)CCCN=C(N)N)C(=O)NC(CS)C(=O)O. The molecule has 0 aliphatic heterocycles. The predicted molar refractivity (Wildman–Crippen MR) is 103 cm³/mol. The van der Waals surface area contributed by atoms with Crippen LogP contribution in [0, 0.1) is 5.92 Å². The van der Waals surface area contributed by atoms with E-state index in [-0.39, 0.29) is 17.6 Å². The molecule has 0 saturated heterocycles. The Balaban J connectivity index is 4.77. The van der Waals surface area contributed by atoms with E-state index in [1.54, 1.807) is 0 Å². The number of hydrogen-bond acceptors (Lipinski definition) is 6. The lowest BCUT2D eigenvalue weighted by atomic mass is 10.0. The zero-order valence-corrected chi connectivity index (χ0v) is 16.0. The van der Waals surface area contributed by atoms with E-state index in [0.29, 0.717) is 25.8 Å². The fraction of sp³-hybridized carbons (Fsp3) is 0.733. The number of amides is 2. The van der Waals surface area contributed by atoms with Crippen LogP contribution in [-0.2, 0) is 14.4 Å². The third-order valence-corrected chi connectivity index (χ3v) is 3.81. The molecule has 26 heavy (non-hydrogen) atoms. The molecule has 0 aliphatic rings. The number of carboxylic acids is 1. The largest absolute Gasteiger partial charge is 0.480 e. The number of guanidine groups is 1. The van der Waals surface area contributed by atoms with Crippen molar-refractivity contribution in [2.24, 2.45) is 28.1 Å². The Hall–Kier alpha value is -2.01. The lowest BCUT2D eigenvalue weighted by molar-refractivity contribution is -0.141. The number of hydrogen-bond donors (Lipinski definition) is 7. The van der Waals surface area contributed by atoms with Crippen LogP contribution in [0.15, 0.2) is 4.99 Å². The van der Waals surface area contributed by atoms with Crippen molar-refractivity contribution in [3.8, 4) is 0 Å². The molecule has 0 radical (unpaired) electrons. The van der Waals surface area contributed by atoms with E-state index < -0.39 is 35.9 Å². The number of rotatable bonds is 12. The van der Waals surface area contributed by atoms with Crippen LogP contribution in [0.3, 0.4) is 0 Å². The van der Waals surface area contributed by atoms with Crippen LogP contribution in [-0.4, -0.2) is 59.3 Å². The number of carbonyl (C=O) groups is 3. The Kier molecular flexibility index (Phi) is 11.4. The highest BCUT2D eigenvalue weighted by atomic mass is 32.1. The molecule has 0 spiro atoms. The van der Waals surface area contributed by atoms with E-state index in [9.17, 15) is 14.4 Å². The zero-order valence-electron chi connectivity index (χ0n) is 15.1. The first-order chi connectivity index (χ1) is 12.1. The summed E-state index contributed by atoms with van der Waals surface area (Å²) in [5.74, 6) is -2.26. The van der Waals surface area contributed by atoms with Gasteiger partial charge in [-0.1, -0.05) is 13.8 Å². The Morgan fingerprint density at radius 3 is 2.15 bits per heavy atom. The summed E-state index contributed by atoms with van der Waals surface area (Å²) in [4.78, 5) is 39.4. The number of nitrogens with one attached hydrogen (secondary N) is 2. The minimum absolute atomic E-state index is 0.0335. The number of carboxylic acid groups (broad SMARTS) is 1. The summed E-state index contributed by atoms with van der Waals surface area (Å²) in [7, 11) is 0. The van der Waals surface area contributed by atoms with Gasteiger partial charge < -0.3 is 32.9 Å². The highest BCUT2D eigenvalue weighted by Crippen LogP contribution is 2.07. The number of aliphatic imine (C=N–C) groups is 1. The van der Waals surface area contributed by atoms with Gasteiger partial charge >= 0.3 is 5.97 Å². The predicted octanol–water partition coefficient (Wildman–Crippen LogP) is -1.60. The summed E-state index contributed by atoms with van der Waals surface area (Å²) in [5.41, 5.74) is 16.3. The summed E-state index contributed by atoms with van der Waals surface area (Å²) in [6.45, 7) is 4.12. The molecule has 9 N–H and O–H groups in total. The van der Waals surface area contributed by atoms with Crippen molar-refractivity contribution in [3.63, 3.8) is 0 Å². The molecule has 0 aromatic rings. The van der Waals surface area contributed by atoms with Crippen molar-refractivity contribution >= 4 is 36.4 Å². The van der Waals surface area contributed by atoms with Crippen LogP contribution >= 0.6 is 12.6 Å². The van der Waals surface area contributed by atoms with Crippen LogP contribution in [0.4, 0.5) is 0 Å². The fourth-order valence-corrected chi connectivity index (χ4v) is 2.34. The molecule has 0 heterocycles. The average Bonchev–Trinajstić information content (AvgIpc) is 2.54. The van der Waals surface area contributed by atoms with Gasteiger partial charge in [-0.2, -0.15) is 12.6 Å². The van der Waals surface area contributed by atoms with Crippen molar-refractivity contribution in [3.05, 3.63) is 0 Å². The number of aliphatic carboxylic acids is 1. The first-order valence-electron chi connectivity index (χ1n) is 8.33. The molecule has 2 amide bonds. The molecule has 0 saturated carbocycles. The minimum atomic E-state index is -1.19. The molecule has 0 rings (SSSR count). The maximum atomic E-state index is 12.3. The second kappa shape index (κ2) is 12.4. The highest BCUT2D eigenvalue weighted by Gasteiger charge is 2.27. The number of nitrogens with zero attached hydrogens (tertiary/aromatic N) is 1. The second-order valence-electron chi connectivity index (χ2n) is 6.33. The molecular weight excluding hydrogens is 360 g/mol. The van der Waals surface area contributed by atoms with Crippen molar-refractivity contribution in [2.45, 2.75) is 51.2 Å². The standard InChI is InChI=1S/C15H30N6O4S/c1-8(2)6-10(13(23)21-11(7-26)14(24)25)20-12(22)9(16)4-3-5-19-15(17)18/h8-11,26H,3-7,16H2,1-2H3,(H,20,22)(H,21,23)(H,24,25)(H4,17,18,19). The van der Waals surface area contributed by atoms with Crippen LogP contribution in [0.1, 0.15) is 33.1 Å². The van der Waals surface area contributed by atoms with Gasteiger partial charge in [0.25, 0.3) is 0 Å². The Morgan fingerprint density at radius 2 is 1.69 bits per heavy atom. The second-order valence-corrected chi connectivity index (χ2v) is 6.69. The number of thiol groups is 1. The molecule has 10 nitrogen and oxygen atoms in total. The minimum Gasteiger partial charge on any atom is -0.480 e. The van der Waals surface area contributed by atoms with Gasteiger partial charge in [-0.3, -0.25) is 14.6 Å². The maximum absolute atomic E-state index is 12.3. The van der Waals surface area contributed by atoms with Gasteiger partial charge in [-0.05, 0) is 25.2 Å². The summed E-state index contributed by atoms with van der Waals surface area (Å²) in [6, 6.07) is -2.84. The van der Waals surface area contributed by atoms with E-state index in [1.807, 2.05) is 13.8 Å². The molecular formula is C15H30N6O4S. The van der Waals surface area contributed by atoms with Gasteiger partial charge in [-0.25, -0.2) is 4.79 Å². The first-order valence-corrected chi connectivity index (χ1v) is 8.97. The Labute approximate surface area is 158 Å². The van der Waals surface area contributed by atoms with Gasteiger partial charge in [-0.15, -0.1) is 0 Å². The molecule has 3 atom stereocenters. The third-order valence-electron chi connectivity index (χ3n) is 3.44. The summed E-state index contributed by atoms with van der Waals surface area (Å²) < 4.78 is 0. The quantitative estimate of drug-likeness (QED) is 0.0904. The van der Waals surface area contributed by atoms with E-state index in [4.69, 9.17) is 22.3 Å². The molecule has 0 fully saturated rings. The monoisotopic (exact) mass is 390 g/mol. The molecule has 150 valence electrons. The molecule has 0 bridgehead atoms.